The minimum Gasteiger partial charge on any atom is -0.463 e. The van der Waals surface area contributed by atoms with Crippen molar-refractivity contribution in [2.45, 2.75) is 32.1 Å². The van der Waals surface area contributed by atoms with Crippen LogP contribution in [-0.2, 0) is 0 Å². The highest BCUT2D eigenvalue weighted by molar-refractivity contribution is 6.76. The lowest BCUT2D eigenvalue weighted by atomic mass is 10.5. The van der Waals surface area contributed by atoms with Crippen molar-refractivity contribution in [3.8, 4) is 6.01 Å². The van der Waals surface area contributed by atoms with Crippen molar-refractivity contribution in [2.24, 2.45) is 0 Å². The molecule has 0 saturated carbocycles. The van der Waals surface area contributed by atoms with E-state index in [0.29, 0.717) is 6.61 Å². The minimum absolute atomic E-state index is 0.246. The molecule has 0 aliphatic rings. The van der Waals surface area contributed by atoms with Crippen LogP contribution >= 0.6 is 0 Å². The molecule has 0 unspecified atom stereocenters. The lowest BCUT2D eigenvalue weighted by Gasteiger charge is -2.15. The minimum atomic E-state index is -1.02. The van der Waals surface area contributed by atoms with Crippen LogP contribution in [0.3, 0.4) is 0 Å². The van der Waals surface area contributed by atoms with Gasteiger partial charge in [0.15, 0.2) is 11.6 Å². The summed E-state index contributed by atoms with van der Waals surface area (Å²) in [6, 6.07) is 1.45. The molecular formula is C12H22FN3OSi. The van der Waals surface area contributed by atoms with Gasteiger partial charge in [0, 0.05) is 22.2 Å². The van der Waals surface area contributed by atoms with E-state index >= 15 is 0 Å². The number of hydrogen-bond acceptors (Lipinski definition) is 4. The molecule has 4 nitrogen and oxygen atoms in total. The quantitative estimate of drug-likeness (QED) is 0.589. The van der Waals surface area contributed by atoms with E-state index in [0.717, 1.165) is 12.6 Å². The Hall–Kier alpha value is -1.17. The van der Waals surface area contributed by atoms with Crippen molar-refractivity contribution >= 4 is 13.9 Å². The lowest BCUT2D eigenvalue weighted by molar-refractivity contribution is 0.290. The number of ether oxygens (including phenoxy) is 1. The van der Waals surface area contributed by atoms with Gasteiger partial charge < -0.3 is 9.64 Å². The van der Waals surface area contributed by atoms with E-state index in [1.807, 2.05) is 0 Å². The van der Waals surface area contributed by atoms with Crippen LogP contribution < -0.4 is 9.64 Å². The second-order valence-electron chi connectivity index (χ2n) is 5.73. The predicted octanol–water partition coefficient (Wildman–Crippen LogP) is 2.79. The number of anilines is 1. The summed E-state index contributed by atoms with van der Waals surface area (Å²) in [6.07, 6.45) is 2.14. The maximum atomic E-state index is 13.3. The molecule has 0 N–H and O–H groups in total. The van der Waals surface area contributed by atoms with Crippen molar-refractivity contribution in [3.63, 3.8) is 0 Å². The van der Waals surface area contributed by atoms with E-state index in [2.05, 4.69) is 29.6 Å². The molecule has 0 radical (unpaired) electrons. The first-order chi connectivity index (χ1) is 8.29. The summed E-state index contributed by atoms with van der Waals surface area (Å²) >= 11 is 0. The van der Waals surface area contributed by atoms with E-state index in [1.165, 1.54) is 6.04 Å². The Morgan fingerprint density at radius 3 is 2.56 bits per heavy atom. The Balaban J connectivity index is 2.51. The van der Waals surface area contributed by atoms with Crippen molar-refractivity contribution in [1.29, 1.82) is 0 Å². The van der Waals surface area contributed by atoms with Gasteiger partial charge >= 0.3 is 6.01 Å². The summed E-state index contributed by atoms with van der Waals surface area (Å²) in [6.45, 7) is 7.56. The Bertz CT molecular complexity index is 393. The standard InChI is InChI=1S/C12H22FN3OSi/c1-16(2)11-10(13)9-14-12(15-11)17-7-6-8-18(3,4)5/h9H,6-8H2,1-5H3. The molecule has 0 atom stereocenters. The number of halogens is 1. The first kappa shape index (κ1) is 14.9. The van der Waals surface area contributed by atoms with Gasteiger partial charge in [-0.05, 0) is 6.42 Å². The Morgan fingerprint density at radius 2 is 2.00 bits per heavy atom. The number of hydrogen-bond donors (Lipinski definition) is 0. The van der Waals surface area contributed by atoms with Gasteiger partial charge in [0.2, 0.25) is 0 Å². The van der Waals surface area contributed by atoms with E-state index < -0.39 is 13.9 Å². The van der Waals surface area contributed by atoms with Crippen molar-refractivity contribution < 1.29 is 9.13 Å². The molecule has 0 aliphatic carbocycles. The van der Waals surface area contributed by atoms with Crippen LogP contribution in [0, 0.1) is 5.82 Å². The summed E-state index contributed by atoms with van der Waals surface area (Å²) in [7, 11) is 2.45. The van der Waals surface area contributed by atoms with Gasteiger partial charge in [-0.1, -0.05) is 25.7 Å². The monoisotopic (exact) mass is 271 g/mol. The average Bonchev–Trinajstić information content (AvgIpc) is 2.24. The molecule has 18 heavy (non-hydrogen) atoms. The largest absolute Gasteiger partial charge is 0.463 e. The molecule has 1 aromatic heterocycles. The molecule has 1 aromatic rings. The number of rotatable bonds is 6. The summed E-state index contributed by atoms with van der Waals surface area (Å²) in [5.41, 5.74) is 0. The SMILES string of the molecule is CN(C)c1nc(OCCC[Si](C)(C)C)ncc1F. The maximum Gasteiger partial charge on any atom is 0.318 e. The van der Waals surface area contributed by atoms with Gasteiger partial charge in [0.25, 0.3) is 0 Å². The molecule has 0 aliphatic heterocycles. The first-order valence-electron chi connectivity index (χ1n) is 6.12. The van der Waals surface area contributed by atoms with Gasteiger partial charge in [0.1, 0.15) is 0 Å². The van der Waals surface area contributed by atoms with Crippen LogP contribution in [0.1, 0.15) is 6.42 Å². The summed E-state index contributed by atoms with van der Waals surface area (Å²) in [5.74, 6) is -0.181. The fourth-order valence-corrected chi connectivity index (χ4v) is 2.70. The zero-order valence-electron chi connectivity index (χ0n) is 11.8. The first-order valence-corrected chi connectivity index (χ1v) is 9.83. The van der Waals surface area contributed by atoms with Crippen LogP contribution in [0.25, 0.3) is 0 Å². The van der Waals surface area contributed by atoms with Crippen LogP contribution in [-0.4, -0.2) is 38.7 Å². The van der Waals surface area contributed by atoms with E-state index in [-0.39, 0.29) is 11.8 Å². The highest BCUT2D eigenvalue weighted by atomic mass is 28.3. The normalized spacial score (nSPS) is 11.4. The summed E-state index contributed by atoms with van der Waals surface area (Å²) < 4.78 is 18.8. The van der Waals surface area contributed by atoms with Crippen LogP contribution in [0.2, 0.25) is 25.7 Å². The molecule has 0 saturated heterocycles. The third-order valence-corrected chi connectivity index (χ3v) is 4.28. The Morgan fingerprint density at radius 1 is 1.33 bits per heavy atom. The zero-order valence-corrected chi connectivity index (χ0v) is 12.8. The lowest BCUT2D eigenvalue weighted by Crippen LogP contribution is -2.20. The van der Waals surface area contributed by atoms with Crippen molar-refractivity contribution in [3.05, 3.63) is 12.0 Å². The number of nitrogens with zero attached hydrogens (tertiary/aromatic N) is 3. The fraction of sp³-hybridized carbons (Fsp3) is 0.667. The molecule has 0 spiro atoms. The van der Waals surface area contributed by atoms with Crippen LogP contribution in [0.15, 0.2) is 6.20 Å². The average molecular weight is 271 g/mol. The molecule has 6 heteroatoms. The second-order valence-corrected chi connectivity index (χ2v) is 11.4. The molecule has 0 aromatic carbocycles. The van der Waals surface area contributed by atoms with Crippen LogP contribution in [0.5, 0.6) is 6.01 Å². The summed E-state index contributed by atoms with van der Waals surface area (Å²) in [4.78, 5) is 9.47. The van der Waals surface area contributed by atoms with Gasteiger partial charge in [-0.2, -0.15) is 4.98 Å². The highest BCUT2D eigenvalue weighted by Gasteiger charge is 2.13. The second kappa shape index (κ2) is 6.13. The van der Waals surface area contributed by atoms with Gasteiger partial charge in [0.05, 0.1) is 12.8 Å². The molecular weight excluding hydrogens is 249 g/mol. The molecule has 1 heterocycles. The highest BCUT2D eigenvalue weighted by Crippen LogP contribution is 2.16. The third kappa shape index (κ3) is 4.99. The summed E-state index contributed by atoms with van der Waals surface area (Å²) in [5, 5.41) is 0. The zero-order chi connectivity index (χ0) is 13.8. The Labute approximate surface area is 109 Å². The fourth-order valence-electron chi connectivity index (χ4n) is 1.49. The molecule has 0 amide bonds. The van der Waals surface area contributed by atoms with Gasteiger partial charge in [-0.15, -0.1) is 0 Å². The van der Waals surface area contributed by atoms with Crippen molar-refractivity contribution in [1.82, 2.24) is 9.97 Å². The molecule has 102 valence electrons. The predicted molar refractivity (Wildman–Crippen MR) is 74.6 cm³/mol. The van der Waals surface area contributed by atoms with E-state index in [1.54, 1.807) is 19.0 Å². The third-order valence-electron chi connectivity index (χ3n) is 2.43. The van der Waals surface area contributed by atoms with Gasteiger partial charge in [-0.25, -0.2) is 9.37 Å². The van der Waals surface area contributed by atoms with Gasteiger partial charge in [-0.3, -0.25) is 0 Å². The topological polar surface area (TPSA) is 38.2 Å². The molecule has 0 fully saturated rings. The van der Waals surface area contributed by atoms with Crippen LogP contribution in [0.4, 0.5) is 10.2 Å². The van der Waals surface area contributed by atoms with E-state index in [4.69, 9.17) is 4.74 Å². The molecule has 1 rings (SSSR count). The van der Waals surface area contributed by atoms with E-state index in [9.17, 15) is 4.39 Å². The molecule has 0 bridgehead atoms. The Kier molecular flexibility index (Phi) is 5.07. The number of aromatic nitrogens is 2. The smallest absolute Gasteiger partial charge is 0.318 e. The maximum absolute atomic E-state index is 13.3. The van der Waals surface area contributed by atoms with Crippen molar-refractivity contribution in [2.75, 3.05) is 25.6 Å².